The number of methoxy groups -OCH3 is 3. The highest BCUT2D eigenvalue weighted by Crippen LogP contribution is 2.38. The van der Waals surface area contributed by atoms with Crippen LogP contribution in [-0.2, 0) is 61.9 Å². The molecule has 17 atom stereocenters. The SMILES string of the molecule is COCCOC1C[C@@H]2CC[C@@H](C)[C@@](O)(O2)C(=O)C(=O)N2CCCCC2C(=O)O[C@H]([C@H](C)C[C@@H]2CC[C@@H](OCCCN3C[C@@H](C)O[C@@H](C)C3)[C@H](OC)C2)CC(=O)[C@H](C)/C=C(\C)[C@@H](O)[C@@H](OC)C(=O)[C@H](C)C[C@H](C)C/C=C/C=C/1C. The predicted molar refractivity (Wildman–Crippen MR) is 296 cm³/mol. The number of allylic oxidation sites excluding steroid dienone is 4. The Morgan fingerprint density at radius 1 is 0.821 bits per heavy atom. The maximum Gasteiger partial charge on any atom is 0.329 e. The fraction of sp³-hybridized carbons (Fsp3) is 0.820. The number of cyclic esters (lactones) is 1. The van der Waals surface area contributed by atoms with E-state index in [1.165, 1.54) is 12.0 Å². The molecule has 2 unspecified atom stereocenters. The van der Waals surface area contributed by atoms with E-state index in [9.17, 15) is 34.2 Å². The average molecular weight is 1100 g/mol. The molecular weight excluding hydrogens is 1000 g/mol. The first-order valence-corrected chi connectivity index (χ1v) is 29.5. The molecule has 2 bridgehead atoms. The lowest BCUT2D eigenvalue weighted by Gasteiger charge is -2.43. The van der Waals surface area contributed by atoms with Crippen molar-refractivity contribution < 1.29 is 72.1 Å². The normalized spacial score (nSPS) is 38.7. The Bertz CT molecular complexity index is 2020. The number of nitrogens with zero attached hydrogens (tertiary/aromatic N) is 2. The molecule has 3 saturated heterocycles. The third-order valence-electron chi connectivity index (χ3n) is 17.3. The van der Waals surface area contributed by atoms with Gasteiger partial charge in [-0.1, -0.05) is 58.9 Å². The summed E-state index contributed by atoms with van der Waals surface area (Å²) in [6.07, 6.45) is 10.8. The Balaban J connectivity index is 1.40. The Hall–Kier alpha value is -3.23. The molecule has 1 amide bonds. The van der Waals surface area contributed by atoms with E-state index in [-0.39, 0.29) is 79.7 Å². The lowest BCUT2D eigenvalue weighted by molar-refractivity contribution is -0.266. The van der Waals surface area contributed by atoms with Crippen LogP contribution in [0.4, 0.5) is 0 Å². The zero-order valence-corrected chi connectivity index (χ0v) is 49.5. The molecule has 1 aliphatic carbocycles. The van der Waals surface area contributed by atoms with Gasteiger partial charge in [0.2, 0.25) is 5.79 Å². The van der Waals surface area contributed by atoms with Crippen molar-refractivity contribution in [2.24, 2.45) is 35.5 Å². The van der Waals surface area contributed by atoms with Gasteiger partial charge in [-0.2, -0.15) is 0 Å². The fourth-order valence-electron chi connectivity index (χ4n) is 12.5. The van der Waals surface area contributed by atoms with Gasteiger partial charge in [-0.05, 0) is 134 Å². The molecule has 4 heterocycles. The second-order valence-corrected chi connectivity index (χ2v) is 24.0. The molecule has 0 aromatic carbocycles. The minimum absolute atomic E-state index is 0.0652. The number of hydrogen-bond acceptors (Lipinski definition) is 16. The van der Waals surface area contributed by atoms with Crippen molar-refractivity contribution in [3.05, 3.63) is 35.5 Å². The molecule has 4 aliphatic heterocycles. The Labute approximate surface area is 466 Å². The van der Waals surface area contributed by atoms with Crippen LogP contribution in [0.1, 0.15) is 152 Å². The van der Waals surface area contributed by atoms with Gasteiger partial charge in [-0.3, -0.25) is 24.1 Å². The summed E-state index contributed by atoms with van der Waals surface area (Å²) in [4.78, 5) is 75.6. The van der Waals surface area contributed by atoms with Crippen LogP contribution in [0, 0.1) is 35.5 Å². The van der Waals surface area contributed by atoms with Crippen LogP contribution in [0.25, 0.3) is 0 Å². The number of hydrogen-bond donors (Lipinski definition) is 2. The highest BCUT2D eigenvalue weighted by atomic mass is 16.6. The van der Waals surface area contributed by atoms with Gasteiger partial charge in [0.25, 0.3) is 11.7 Å². The van der Waals surface area contributed by atoms with Crippen molar-refractivity contribution in [2.75, 3.05) is 67.3 Å². The third kappa shape index (κ3) is 18.6. The van der Waals surface area contributed by atoms with E-state index in [4.69, 9.17) is 37.9 Å². The number of piperidine rings is 1. The van der Waals surface area contributed by atoms with Crippen molar-refractivity contribution >= 4 is 29.2 Å². The number of fused-ring (bicyclic) bond motifs is 3. The third-order valence-corrected chi connectivity index (χ3v) is 17.3. The van der Waals surface area contributed by atoms with Gasteiger partial charge in [-0.15, -0.1) is 0 Å². The van der Waals surface area contributed by atoms with Crippen LogP contribution < -0.4 is 0 Å². The van der Waals surface area contributed by atoms with Crippen molar-refractivity contribution in [2.45, 2.75) is 219 Å². The first-order valence-electron chi connectivity index (χ1n) is 29.5. The molecule has 78 heavy (non-hydrogen) atoms. The van der Waals surface area contributed by atoms with Crippen LogP contribution in [0.15, 0.2) is 35.5 Å². The molecule has 17 heteroatoms. The molecule has 0 radical (unpaired) electrons. The predicted octanol–water partition coefficient (Wildman–Crippen LogP) is 7.55. The number of ether oxygens (including phenoxy) is 8. The Morgan fingerprint density at radius 3 is 2.24 bits per heavy atom. The summed E-state index contributed by atoms with van der Waals surface area (Å²) in [6, 6.07) is -1.14. The van der Waals surface area contributed by atoms with Gasteiger partial charge in [0.05, 0.1) is 49.8 Å². The van der Waals surface area contributed by atoms with Crippen molar-refractivity contribution in [1.82, 2.24) is 9.80 Å². The van der Waals surface area contributed by atoms with Gasteiger partial charge < -0.3 is 53.0 Å². The molecule has 17 nitrogen and oxygen atoms in total. The first kappa shape index (κ1) is 65.6. The number of morpholine rings is 1. The summed E-state index contributed by atoms with van der Waals surface area (Å²) in [5, 5.41) is 23.8. The molecule has 4 fully saturated rings. The van der Waals surface area contributed by atoms with Gasteiger partial charge in [0.15, 0.2) is 5.78 Å². The molecule has 444 valence electrons. The van der Waals surface area contributed by atoms with E-state index in [1.807, 2.05) is 39.0 Å². The van der Waals surface area contributed by atoms with Crippen LogP contribution in [-0.4, -0.2) is 183 Å². The molecule has 5 rings (SSSR count). The zero-order chi connectivity index (χ0) is 57.3. The van der Waals surface area contributed by atoms with Crippen molar-refractivity contribution in [1.29, 1.82) is 0 Å². The topological polar surface area (TPSA) is 206 Å². The van der Waals surface area contributed by atoms with Gasteiger partial charge in [0, 0.05) is 84.7 Å². The van der Waals surface area contributed by atoms with Crippen LogP contribution in [0.3, 0.4) is 0 Å². The van der Waals surface area contributed by atoms with E-state index in [0.717, 1.165) is 50.9 Å². The van der Waals surface area contributed by atoms with Gasteiger partial charge in [0.1, 0.15) is 30.1 Å². The first-order chi connectivity index (χ1) is 37.1. The van der Waals surface area contributed by atoms with Gasteiger partial charge >= 0.3 is 5.97 Å². The van der Waals surface area contributed by atoms with Crippen molar-refractivity contribution in [3.63, 3.8) is 0 Å². The smallest absolute Gasteiger partial charge is 0.329 e. The monoisotopic (exact) mass is 1100 g/mol. The van der Waals surface area contributed by atoms with E-state index in [0.29, 0.717) is 70.2 Å². The van der Waals surface area contributed by atoms with Gasteiger partial charge in [-0.25, -0.2) is 4.79 Å². The summed E-state index contributed by atoms with van der Waals surface area (Å²) in [5.74, 6) is -7.75. The van der Waals surface area contributed by atoms with Crippen LogP contribution >= 0.6 is 0 Å². The maximum atomic E-state index is 14.7. The molecule has 0 spiro atoms. The number of carbonyl (C=O) groups is 5. The fourth-order valence-corrected chi connectivity index (χ4v) is 12.5. The van der Waals surface area contributed by atoms with E-state index in [1.54, 1.807) is 41.1 Å². The molecule has 2 N–H and O–H groups in total. The average Bonchev–Trinajstić information content (AvgIpc) is 3.42. The van der Waals surface area contributed by atoms with E-state index < -0.39 is 77.8 Å². The van der Waals surface area contributed by atoms with Crippen molar-refractivity contribution in [3.8, 4) is 0 Å². The number of aliphatic hydroxyl groups excluding tert-OH is 1. The minimum Gasteiger partial charge on any atom is -0.460 e. The zero-order valence-electron chi connectivity index (χ0n) is 49.5. The number of Topliss-reactive ketones (excluding diaryl/α,β-unsaturated/α-hetero) is 3. The minimum atomic E-state index is -2.45. The number of amides is 1. The summed E-state index contributed by atoms with van der Waals surface area (Å²) >= 11 is 0. The number of ketones is 3. The molecular formula is C61H100N2O15. The van der Waals surface area contributed by atoms with E-state index in [2.05, 4.69) is 25.7 Å². The second kappa shape index (κ2) is 31.8. The number of carbonyl (C=O) groups excluding carboxylic acids is 5. The highest BCUT2D eigenvalue weighted by molar-refractivity contribution is 6.39. The quantitative estimate of drug-likeness (QED) is 0.0745. The number of rotatable bonds is 14. The highest BCUT2D eigenvalue weighted by Gasteiger charge is 2.53. The van der Waals surface area contributed by atoms with E-state index >= 15 is 0 Å². The second-order valence-electron chi connectivity index (χ2n) is 24.0. The standard InChI is InChI=1S/C61H100N2O15/c1-38-18-13-14-19-39(2)52(75-29-28-71-10)34-48-23-21-44(7)61(70,78-48)58(67)59(68)63-26-16-15-20-49(63)60(69)77-53(35-50(64)40(3)31-43(6)56(66)57(73-12)55(65)42(5)30-38)41(4)32-47-22-24-51(54(33-47)72-11)74-27-17-25-62-36-45(8)76-46(9)37-62/h13-14,19,31,38,40-42,44-49,51-54,56-57,66,70H,15-18,20-30,32-37H2,1-12H3/b14-13+,39-19+,43-31+/t38-,40-,41-,42-,44-,45-,46+,47+,48+,49?,51-,52?,53+,54-,56-,57+,61-/m1/s1. The van der Waals surface area contributed by atoms with Crippen LogP contribution in [0.2, 0.25) is 0 Å². The summed E-state index contributed by atoms with van der Waals surface area (Å²) in [7, 11) is 4.70. The van der Waals surface area contributed by atoms with Crippen LogP contribution in [0.5, 0.6) is 0 Å². The largest absolute Gasteiger partial charge is 0.460 e. The Kier molecular flexibility index (Phi) is 26.8. The molecule has 5 aliphatic rings. The number of aliphatic hydroxyl groups is 2. The maximum absolute atomic E-state index is 14.7. The Morgan fingerprint density at radius 2 is 1.55 bits per heavy atom. The lowest BCUT2D eigenvalue weighted by atomic mass is 9.78. The summed E-state index contributed by atoms with van der Waals surface area (Å²) in [5.41, 5.74) is 1.28. The lowest BCUT2D eigenvalue weighted by Crippen LogP contribution is -2.61. The molecule has 0 aromatic heterocycles. The summed E-state index contributed by atoms with van der Waals surface area (Å²) < 4.78 is 48.3. The molecule has 0 aromatic rings. The molecule has 1 saturated carbocycles. The summed E-state index contributed by atoms with van der Waals surface area (Å²) in [6.45, 7) is 21.2. The number of esters is 1.